The zero-order valence-corrected chi connectivity index (χ0v) is 17.4. The van der Waals surface area contributed by atoms with Gasteiger partial charge in [-0.05, 0) is 84.1 Å². The van der Waals surface area contributed by atoms with Gasteiger partial charge >= 0.3 is 0 Å². The van der Waals surface area contributed by atoms with Crippen molar-refractivity contribution in [1.82, 2.24) is 19.6 Å². The zero-order chi connectivity index (χ0) is 19.2. The Bertz CT molecular complexity index is 285. The highest BCUT2D eigenvalue weighted by Gasteiger charge is 2.42. The van der Waals surface area contributed by atoms with Crippen LogP contribution in [0.5, 0.6) is 0 Å². The first kappa shape index (κ1) is 25.0. The van der Waals surface area contributed by atoms with Gasteiger partial charge in [-0.15, -0.1) is 0 Å². The average Bonchev–Trinajstić information content (AvgIpc) is 2.37. The van der Waals surface area contributed by atoms with E-state index in [1.807, 2.05) is 56.4 Å². The Morgan fingerprint density at radius 1 is 0.696 bits per heavy atom. The molecule has 0 radical (unpaired) electrons. The van der Waals surface area contributed by atoms with Gasteiger partial charge in [0.1, 0.15) is 0 Å². The van der Waals surface area contributed by atoms with Crippen LogP contribution in [0.15, 0.2) is 0 Å². The summed E-state index contributed by atoms with van der Waals surface area (Å²) in [6, 6.07) is 0. The first-order chi connectivity index (χ1) is 10.0. The minimum absolute atomic E-state index is 0.0486. The van der Waals surface area contributed by atoms with E-state index in [1.165, 1.54) is 0 Å². The van der Waals surface area contributed by atoms with Crippen molar-refractivity contribution >= 4 is 0 Å². The predicted octanol–water partition coefficient (Wildman–Crippen LogP) is 0.313. The lowest BCUT2D eigenvalue weighted by Crippen LogP contribution is -2.65. The van der Waals surface area contributed by atoms with Gasteiger partial charge in [-0.2, -0.15) is 0 Å². The van der Waals surface area contributed by atoms with Crippen LogP contribution in [-0.4, -0.2) is 105 Å². The summed E-state index contributed by atoms with van der Waals surface area (Å²) in [7, 11) is 16.2. The number of ether oxygens (including phenoxy) is 1. The molecule has 0 aromatic heterocycles. The fourth-order valence-electron chi connectivity index (χ4n) is 1.53. The summed E-state index contributed by atoms with van der Waals surface area (Å²) in [4.78, 5) is 8.27. The highest BCUT2D eigenvalue weighted by atomic mass is 16.6. The monoisotopic (exact) mass is 335 g/mol. The molecule has 0 saturated heterocycles. The maximum absolute atomic E-state index is 8.28. The summed E-state index contributed by atoms with van der Waals surface area (Å²) >= 11 is 0. The molecule has 7 nitrogen and oxygen atoms in total. The molecule has 0 fully saturated rings. The molecule has 0 rings (SSSR count). The van der Waals surface area contributed by atoms with Gasteiger partial charge in [-0.1, -0.05) is 0 Å². The third-order valence-corrected chi connectivity index (χ3v) is 4.11. The van der Waals surface area contributed by atoms with Crippen LogP contribution in [0.1, 0.15) is 27.7 Å². The molecule has 3 N–H and O–H groups in total. The summed E-state index contributed by atoms with van der Waals surface area (Å²) in [6.45, 7) is 7.73. The first-order valence-electron chi connectivity index (χ1n) is 7.84. The van der Waals surface area contributed by atoms with Crippen LogP contribution in [0.3, 0.4) is 0 Å². The maximum atomic E-state index is 8.28. The number of hydrogen-bond acceptors (Lipinski definition) is 7. The largest absolute Gasteiger partial charge is 0.394 e. The molecule has 0 aliphatic rings. The van der Waals surface area contributed by atoms with Crippen molar-refractivity contribution < 1.29 is 9.84 Å². The smallest absolute Gasteiger partial charge is 0.179 e. The van der Waals surface area contributed by atoms with E-state index in [0.29, 0.717) is 0 Å². The minimum atomic E-state index is -0.469. The van der Waals surface area contributed by atoms with Gasteiger partial charge in [0.2, 0.25) is 0 Å². The number of hydrogen-bond donors (Lipinski definition) is 2. The van der Waals surface area contributed by atoms with Crippen molar-refractivity contribution in [1.29, 1.82) is 0 Å². The molecule has 0 unspecified atom stereocenters. The van der Waals surface area contributed by atoms with Gasteiger partial charge in [0.05, 0.1) is 6.61 Å². The average molecular weight is 336 g/mol. The maximum Gasteiger partial charge on any atom is 0.179 e. The first-order valence-corrected chi connectivity index (χ1v) is 7.84. The minimum Gasteiger partial charge on any atom is -0.394 e. The topological polar surface area (TPSA) is 68.4 Å². The molecule has 0 spiro atoms. The normalized spacial score (nSPS) is 13.8. The van der Waals surface area contributed by atoms with E-state index in [9.17, 15) is 0 Å². The second-order valence-corrected chi connectivity index (χ2v) is 7.69. The molecule has 23 heavy (non-hydrogen) atoms. The number of nitrogens with two attached hydrogens (primary N) is 1. The highest BCUT2D eigenvalue weighted by molar-refractivity contribution is 4.77. The Morgan fingerprint density at radius 2 is 0.870 bits per heavy atom. The van der Waals surface area contributed by atoms with Crippen LogP contribution in [0.4, 0.5) is 0 Å². The summed E-state index contributed by atoms with van der Waals surface area (Å²) in [5, 5.41) is 8.28. The van der Waals surface area contributed by atoms with Crippen molar-refractivity contribution in [2.75, 3.05) is 63.0 Å². The molecule has 0 atom stereocenters. The fraction of sp³-hybridized carbons (Fsp3) is 1.00. The quantitative estimate of drug-likeness (QED) is 0.649. The summed E-state index contributed by atoms with van der Waals surface area (Å²) in [5.74, 6) is -0.938. The van der Waals surface area contributed by atoms with Gasteiger partial charge in [-0.25, -0.2) is 0 Å². The van der Waals surface area contributed by atoms with Crippen LogP contribution in [-0.2, 0) is 4.74 Å². The standard InChI is InChI=1S/C12H30N4O.C4H11NO/c1-11(13(3)4,14(5)6)17-12(2,15(7)8)16(9)10;1-4(2,5)3-6/h1-10H3;6H,3,5H2,1-2H3. The molecule has 0 heterocycles. The number of rotatable bonds is 7. The van der Waals surface area contributed by atoms with E-state index in [1.54, 1.807) is 13.8 Å². The lowest BCUT2D eigenvalue weighted by Gasteiger charge is -2.51. The molecule has 7 heteroatoms. The zero-order valence-electron chi connectivity index (χ0n) is 17.4. The lowest BCUT2D eigenvalue weighted by atomic mass is 10.1. The Labute approximate surface area is 144 Å². The summed E-state index contributed by atoms with van der Waals surface area (Å²) < 4.78 is 6.38. The van der Waals surface area contributed by atoms with Crippen LogP contribution < -0.4 is 5.73 Å². The van der Waals surface area contributed by atoms with Crippen molar-refractivity contribution in [3.8, 4) is 0 Å². The van der Waals surface area contributed by atoms with Crippen LogP contribution in [0.25, 0.3) is 0 Å². The SMILES string of the molecule is CC(C)(N)CO.CN(C)C(C)(OC(C)(N(C)C)N(C)C)N(C)C. The van der Waals surface area contributed by atoms with Crippen LogP contribution in [0, 0.1) is 0 Å². The van der Waals surface area contributed by atoms with Crippen LogP contribution >= 0.6 is 0 Å². The molecule has 0 aromatic rings. The molecule has 0 aromatic carbocycles. The Kier molecular flexibility index (Phi) is 10.1. The van der Waals surface area contributed by atoms with Gasteiger partial charge in [0.25, 0.3) is 0 Å². The van der Waals surface area contributed by atoms with Crippen molar-refractivity contribution in [3.05, 3.63) is 0 Å². The molecule has 0 amide bonds. The molecular formula is C16H41N5O2. The number of aliphatic hydroxyl groups is 1. The summed E-state index contributed by atoms with van der Waals surface area (Å²) in [5.41, 5.74) is 4.88. The Hall–Kier alpha value is -0.280. The molecular weight excluding hydrogens is 294 g/mol. The van der Waals surface area contributed by atoms with E-state index in [0.717, 1.165) is 0 Å². The van der Waals surface area contributed by atoms with E-state index < -0.39 is 17.2 Å². The van der Waals surface area contributed by atoms with Gasteiger partial charge in [0, 0.05) is 5.54 Å². The molecule has 0 saturated carbocycles. The molecule has 0 bridgehead atoms. The summed E-state index contributed by atoms with van der Waals surface area (Å²) in [6.07, 6.45) is 0. The van der Waals surface area contributed by atoms with Crippen molar-refractivity contribution in [2.45, 2.75) is 44.9 Å². The van der Waals surface area contributed by atoms with Gasteiger partial charge < -0.3 is 15.6 Å². The van der Waals surface area contributed by atoms with E-state index in [4.69, 9.17) is 15.6 Å². The predicted molar refractivity (Wildman–Crippen MR) is 98.0 cm³/mol. The number of nitrogens with zero attached hydrogens (tertiary/aromatic N) is 4. The second-order valence-electron chi connectivity index (χ2n) is 7.69. The molecule has 142 valence electrons. The van der Waals surface area contributed by atoms with Gasteiger partial charge in [-0.3, -0.25) is 19.6 Å². The van der Waals surface area contributed by atoms with Gasteiger partial charge in [0.15, 0.2) is 11.7 Å². The molecule has 0 aliphatic carbocycles. The van der Waals surface area contributed by atoms with E-state index in [-0.39, 0.29) is 6.61 Å². The second kappa shape index (κ2) is 9.27. The van der Waals surface area contributed by atoms with Crippen molar-refractivity contribution in [3.63, 3.8) is 0 Å². The fourth-order valence-corrected chi connectivity index (χ4v) is 1.53. The van der Waals surface area contributed by atoms with E-state index in [2.05, 4.69) is 33.4 Å². The van der Waals surface area contributed by atoms with Crippen molar-refractivity contribution in [2.24, 2.45) is 5.73 Å². The lowest BCUT2D eigenvalue weighted by molar-refractivity contribution is -0.335. The molecule has 0 aliphatic heterocycles. The third-order valence-electron chi connectivity index (χ3n) is 4.11. The third kappa shape index (κ3) is 7.89. The van der Waals surface area contributed by atoms with Crippen LogP contribution in [0.2, 0.25) is 0 Å². The Balaban J connectivity index is 0. The highest BCUT2D eigenvalue weighted by Crippen LogP contribution is 2.27. The number of aliphatic hydroxyl groups excluding tert-OH is 1. The Morgan fingerprint density at radius 3 is 0.957 bits per heavy atom. The van der Waals surface area contributed by atoms with E-state index >= 15 is 0 Å².